The highest BCUT2D eigenvalue weighted by Crippen LogP contribution is 1.92. The first kappa shape index (κ1) is 7.74. The van der Waals surface area contributed by atoms with E-state index < -0.39 is 11.2 Å². The maximum Gasteiger partial charge on any atom is 0.339 e. The summed E-state index contributed by atoms with van der Waals surface area (Å²) in [6, 6.07) is 0. The van der Waals surface area contributed by atoms with Crippen LogP contribution in [0.1, 0.15) is 0 Å². The third kappa shape index (κ3) is 2.15. The molecule has 0 aliphatic carbocycles. The summed E-state index contributed by atoms with van der Waals surface area (Å²) in [6.45, 7) is -0.362. The van der Waals surface area contributed by atoms with Crippen molar-refractivity contribution in [2.75, 3.05) is 6.61 Å². The van der Waals surface area contributed by atoms with Gasteiger partial charge in [0.05, 0.1) is 6.61 Å². The predicted molar refractivity (Wildman–Crippen MR) is 30.1 cm³/mol. The molecule has 0 aliphatic heterocycles. The molecule has 4 nitrogen and oxygen atoms in total. The van der Waals surface area contributed by atoms with Crippen LogP contribution in [0.25, 0.3) is 0 Å². The first-order valence-electron chi connectivity index (χ1n) is 1.92. The summed E-state index contributed by atoms with van der Waals surface area (Å²) < 4.78 is 0. The summed E-state index contributed by atoms with van der Waals surface area (Å²) in [5, 5.41) is 7.38. The van der Waals surface area contributed by atoms with Gasteiger partial charge in [0.25, 0.3) is 0 Å². The van der Waals surface area contributed by atoms with E-state index in [4.69, 9.17) is 5.11 Å². The number of aliphatic hydroxyl groups is 1. The Morgan fingerprint density at radius 2 is 2.50 bits per heavy atom. The highest BCUT2D eigenvalue weighted by atomic mass is 32.1. The zero-order valence-electron chi connectivity index (χ0n) is 4.07. The summed E-state index contributed by atoms with van der Waals surface area (Å²) in [6.07, 6.45) is 0. The number of hydrogen-bond acceptors (Lipinski definition) is 5. The van der Waals surface area contributed by atoms with Crippen LogP contribution in [0.2, 0.25) is 0 Å². The predicted octanol–water partition coefficient (Wildman–Crippen LogP) is -1.31. The van der Waals surface area contributed by atoms with Crippen molar-refractivity contribution in [3.05, 3.63) is 0 Å². The first-order valence-corrected chi connectivity index (χ1v) is 2.43. The maximum absolute atomic E-state index is 10.2. The SMILES string of the molecule is NOC(=O)C(S)CO. The fourth-order valence-electron chi connectivity index (χ4n) is 0.153. The van der Waals surface area contributed by atoms with E-state index in [1.807, 2.05) is 0 Å². The monoisotopic (exact) mass is 137 g/mol. The molecule has 0 aromatic heterocycles. The Morgan fingerprint density at radius 1 is 2.00 bits per heavy atom. The standard InChI is InChI=1S/C3H7NO3S/c4-7-3(6)2(8)1-5/h2,5,8H,1,4H2. The molecule has 0 rings (SSSR count). The average Bonchev–Trinajstić information content (AvgIpc) is 1.84. The lowest BCUT2D eigenvalue weighted by atomic mass is 10.5. The number of carbonyl (C=O) groups excluding carboxylic acids is 1. The molecular weight excluding hydrogens is 130 g/mol. The molecule has 0 spiro atoms. The van der Waals surface area contributed by atoms with Gasteiger partial charge in [-0.3, -0.25) is 0 Å². The number of carbonyl (C=O) groups is 1. The van der Waals surface area contributed by atoms with Gasteiger partial charge in [-0.15, -0.1) is 0 Å². The largest absolute Gasteiger partial charge is 0.395 e. The Morgan fingerprint density at radius 3 is 2.62 bits per heavy atom. The zero-order valence-corrected chi connectivity index (χ0v) is 4.97. The van der Waals surface area contributed by atoms with Crippen LogP contribution in [0, 0.1) is 0 Å². The van der Waals surface area contributed by atoms with E-state index in [0.29, 0.717) is 0 Å². The zero-order chi connectivity index (χ0) is 6.57. The fraction of sp³-hybridized carbons (Fsp3) is 0.667. The van der Waals surface area contributed by atoms with Gasteiger partial charge < -0.3 is 9.94 Å². The van der Waals surface area contributed by atoms with Crippen molar-refractivity contribution in [3.8, 4) is 0 Å². The van der Waals surface area contributed by atoms with E-state index in [1.165, 1.54) is 0 Å². The molecule has 8 heavy (non-hydrogen) atoms. The second kappa shape index (κ2) is 3.71. The van der Waals surface area contributed by atoms with Gasteiger partial charge in [0.2, 0.25) is 0 Å². The van der Waals surface area contributed by atoms with E-state index in [1.54, 1.807) is 0 Å². The second-order valence-corrected chi connectivity index (χ2v) is 1.76. The molecule has 0 heterocycles. The molecular formula is C3H7NO3S. The summed E-state index contributed by atoms with van der Waals surface area (Å²) in [4.78, 5) is 13.9. The second-order valence-electron chi connectivity index (χ2n) is 1.14. The van der Waals surface area contributed by atoms with Crippen LogP contribution < -0.4 is 5.90 Å². The minimum absolute atomic E-state index is 0.362. The molecule has 5 heteroatoms. The van der Waals surface area contributed by atoms with Gasteiger partial charge in [-0.1, -0.05) is 0 Å². The van der Waals surface area contributed by atoms with E-state index >= 15 is 0 Å². The third-order valence-electron chi connectivity index (χ3n) is 0.561. The topological polar surface area (TPSA) is 72.5 Å². The van der Waals surface area contributed by atoms with Gasteiger partial charge in [0, 0.05) is 0 Å². The van der Waals surface area contributed by atoms with Crippen LogP contribution in [0.5, 0.6) is 0 Å². The summed E-state index contributed by atoms with van der Waals surface area (Å²) in [5.74, 6) is 3.71. The highest BCUT2D eigenvalue weighted by molar-refractivity contribution is 7.81. The van der Waals surface area contributed by atoms with E-state index in [-0.39, 0.29) is 6.61 Å². The normalized spacial score (nSPS) is 12.9. The quantitative estimate of drug-likeness (QED) is 0.326. The Bertz CT molecular complexity index is 86.6. The molecule has 1 unspecified atom stereocenters. The smallest absolute Gasteiger partial charge is 0.339 e. The van der Waals surface area contributed by atoms with Crippen molar-refractivity contribution < 1.29 is 14.7 Å². The van der Waals surface area contributed by atoms with Gasteiger partial charge >= 0.3 is 5.97 Å². The maximum atomic E-state index is 10.2. The molecule has 0 saturated heterocycles. The molecule has 0 aromatic rings. The minimum Gasteiger partial charge on any atom is -0.395 e. The Balaban J connectivity index is 3.46. The van der Waals surface area contributed by atoms with E-state index in [2.05, 4.69) is 23.4 Å². The lowest BCUT2D eigenvalue weighted by Crippen LogP contribution is -2.24. The van der Waals surface area contributed by atoms with Crippen LogP contribution in [0.15, 0.2) is 0 Å². The van der Waals surface area contributed by atoms with Crippen LogP contribution in [-0.2, 0) is 9.63 Å². The number of nitrogens with two attached hydrogens (primary N) is 1. The molecule has 0 aromatic carbocycles. The summed E-state index contributed by atoms with van der Waals surface area (Å²) in [5.41, 5.74) is 0. The van der Waals surface area contributed by atoms with Crippen molar-refractivity contribution in [2.24, 2.45) is 5.90 Å². The van der Waals surface area contributed by atoms with E-state index in [9.17, 15) is 4.79 Å². The number of rotatable bonds is 2. The van der Waals surface area contributed by atoms with Crippen molar-refractivity contribution >= 4 is 18.6 Å². The van der Waals surface area contributed by atoms with Crippen LogP contribution >= 0.6 is 12.6 Å². The molecule has 0 fully saturated rings. The lowest BCUT2D eigenvalue weighted by Gasteiger charge is -2.00. The average molecular weight is 137 g/mol. The van der Waals surface area contributed by atoms with Gasteiger partial charge in [-0.25, -0.2) is 4.79 Å². The fourth-order valence-corrected chi connectivity index (χ4v) is 0.214. The van der Waals surface area contributed by atoms with Crippen LogP contribution in [-0.4, -0.2) is 22.9 Å². The van der Waals surface area contributed by atoms with Gasteiger partial charge in [-0.05, 0) is 0 Å². The number of hydrogen-bond donors (Lipinski definition) is 3. The molecule has 0 radical (unpaired) electrons. The molecule has 0 aliphatic rings. The van der Waals surface area contributed by atoms with Crippen LogP contribution in [0.3, 0.4) is 0 Å². The van der Waals surface area contributed by atoms with Crippen molar-refractivity contribution in [1.29, 1.82) is 0 Å². The number of aliphatic hydroxyl groups excluding tert-OH is 1. The molecule has 0 amide bonds. The first-order chi connectivity index (χ1) is 3.72. The summed E-state index contributed by atoms with van der Waals surface area (Å²) >= 11 is 3.60. The Labute approximate surface area is 52.0 Å². The number of thiol groups is 1. The van der Waals surface area contributed by atoms with Crippen molar-refractivity contribution in [1.82, 2.24) is 0 Å². The van der Waals surface area contributed by atoms with E-state index in [0.717, 1.165) is 0 Å². The molecule has 0 bridgehead atoms. The Hall–Kier alpha value is -0.260. The van der Waals surface area contributed by atoms with Gasteiger partial charge in [0.1, 0.15) is 5.25 Å². The molecule has 0 saturated carbocycles. The van der Waals surface area contributed by atoms with Gasteiger partial charge in [0.15, 0.2) is 0 Å². The molecule has 3 N–H and O–H groups in total. The lowest BCUT2D eigenvalue weighted by molar-refractivity contribution is -0.144. The van der Waals surface area contributed by atoms with Crippen LogP contribution in [0.4, 0.5) is 0 Å². The molecule has 1 atom stereocenters. The Kier molecular flexibility index (Phi) is 3.59. The summed E-state index contributed by atoms with van der Waals surface area (Å²) in [7, 11) is 0. The van der Waals surface area contributed by atoms with Crippen molar-refractivity contribution in [3.63, 3.8) is 0 Å². The minimum atomic E-state index is -0.819. The third-order valence-corrected chi connectivity index (χ3v) is 0.935. The highest BCUT2D eigenvalue weighted by Gasteiger charge is 2.11. The molecule has 48 valence electrons. The van der Waals surface area contributed by atoms with Gasteiger partial charge in [-0.2, -0.15) is 18.5 Å². The van der Waals surface area contributed by atoms with Crippen molar-refractivity contribution in [2.45, 2.75) is 5.25 Å².